The number of aliphatic hydroxyl groups excluding tert-OH is 3. The Kier molecular flexibility index (Phi) is 5.83. The van der Waals surface area contributed by atoms with Crippen molar-refractivity contribution in [2.24, 2.45) is 5.92 Å². The molecule has 2 fully saturated rings. The molecular weight excluding hydrogens is 422 g/mol. The number of piperidine rings is 1. The number of hydrogen-bond donors (Lipinski definition) is 5. The zero-order chi connectivity index (χ0) is 23.4. The number of aliphatic carboxylic acids is 2. The van der Waals surface area contributed by atoms with Crippen molar-refractivity contribution in [2.75, 3.05) is 20.7 Å². The third-order valence-electron chi connectivity index (χ3n) is 7.57. The van der Waals surface area contributed by atoms with E-state index in [2.05, 4.69) is 18.0 Å². The van der Waals surface area contributed by atoms with Crippen molar-refractivity contribution in [1.29, 1.82) is 0 Å². The van der Waals surface area contributed by atoms with Crippen molar-refractivity contribution in [3.8, 4) is 11.5 Å². The van der Waals surface area contributed by atoms with Gasteiger partial charge in [-0.25, -0.2) is 9.59 Å². The van der Waals surface area contributed by atoms with Gasteiger partial charge in [0.05, 0.1) is 13.2 Å². The Labute approximate surface area is 185 Å². The molecule has 7 unspecified atom stereocenters. The van der Waals surface area contributed by atoms with Crippen LogP contribution in [0.2, 0.25) is 0 Å². The molecule has 0 amide bonds. The normalized spacial score (nSPS) is 33.7. The van der Waals surface area contributed by atoms with Gasteiger partial charge in [-0.2, -0.15) is 0 Å². The van der Waals surface area contributed by atoms with Crippen LogP contribution >= 0.6 is 0 Å². The first-order chi connectivity index (χ1) is 15.1. The van der Waals surface area contributed by atoms with E-state index in [1.54, 1.807) is 7.11 Å². The molecule has 176 valence electrons. The number of methoxy groups -OCH3 is 1. The number of likely N-dealkylation sites (N-methyl/N-ethyl adjacent to an activating group) is 1. The van der Waals surface area contributed by atoms with Crippen LogP contribution < -0.4 is 9.47 Å². The monoisotopic (exact) mass is 451 g/mol. The van der Waals surface area contributed by atoms with Gasteiger partial charge in [0.1, 0.15) is 6.10 Å². The highest BCUT2D eigenvalue weighted by atomic mass is 16.5. The molecule has 0 radical (unpaired) electrons. The standard InChI is InChI=1S/C18H23NO3.C4H6O6/c1-19-8-7-18-11-4-5-13(20)17(18)22-16-14(21-2)6-3-10(15(16)18)9-12(11)19;5-1(3(7)8)2(6)4(9)10/h3,6,11-13,17,20H,4-5,7-9H2,1-2H3;1-2,5-6H,(H,7,8)(H,9,10). The molecule has 2 bridgehead atoms. The highest BCUT2D eigenvalue weighted by Gasteiger charge is 2.65. The zero-order valence-electron chi connectivity index (χ0n) is 18.0. The molecule has 0 aromatic heterocycles. The van der Waals surface area contributed by atoms with E-state index < -0.39 is 24.1 Å². The van der Waals surface area contributed by atoms with Crippen molar-refractivity contribution in [3.63, 3.8) is 0 Å². The second-order valence-electron chi connectivity index (χ2n) is 9.03. The summed E-state index contributed by atoms with van der Waals surface area (Å²) in [7, 11) is 3.96. The lowest BCUT2D eigenvalue weighted by Gasteiger charge is -2.58. The minimum Gasteiger partial charge on any atom is -0.493 e. The number of aliphatic hydroxyl groups is 3. The largest absolute Gasteiger partial charge is 0.493 e. The molecule has 2 aliphatic heterocycles. The molecule has 5 rings (SSSR count). The van der Waals surface area contributed by atoms with Crippen molar-refractivity contribution in [1.82, 2.24) is 4.90 Å². The predicted octanol–water partition coefficient (Wildman–Crippen LogP) is -0.397. The van der Waals surface area contributed by atoms with Crippen LogP contribution in [0.15, 0.2) is 12.1 Å². The van der Waals surface area contributed by atoms with Crippen LogP contribution in [0.1, 0.15) is 30.4 Å². The van der Waals surface area contributed by atoms with Crippen LogP contribution in [0.4, 0.5) is 0 Å². The van der Waals surface area contributed by atoms with Gasteiger partial charge in [-0.05, 0) is 56.8 Å². The average Bonchev–Trinajstić information content (AvgIpc) is 3.12. The molecule has 7 atom stereocenters. The lowest BCUT2D eigenvalue weighted by molar-refractivity contribution is -0.165. The summed E-state index contributed by atoms with van der Waals surface area (Å²) in [4.78, 5) is 22.1. The Morgan fingerprint density at radius 1 is 1.19 bits per heavy atom. The first-order valence-electron chi connectivity index (χ1n) is 10.7. The smallest absolute Gasteiger partial charge is 0.335 e. The number of carbonyl (C=O) groups is 2. The first kappa shape index (κ1) is 22.8. The molecule has 1 spiro atoms. The molecule has 10 heteroatoms. The third kappa shape index (κ3) is 3.24. The summed E-state index contributed by atoms with van der Waals surface area (Å²) in [6.07, 6.45) is -0.841. The fourth-order valence-electron chi connectivity index (χ4n) is 6.13. The summed E-state index contributed by atoms with van der Waals surface area (Å²) in [5.41, 5.74) is 2.77. The Morgan fingerprint density at radius 2 is 1.84 bits per heavy atom. The van der Waals surface area contributed by atoms with Gasteiger partial charge in [-0.3, -0.25) is 0 Å². The molecule has 5 N–H and O–H groups in total. The van der Waals surface area contributed by atoms with Gasteiger partial charge >= 0.3 is 11.9 Å². The SMILES string of the molecule is COc1ccc2c3c1OC1C(O)CCC4C(C2)N(C)CCC341.O=C(O)C(O)C(O)C(=O)O. The lowest BCUT2D eigenvalue weighted by atomic mass is 9.51. The fourth-order valence-corrected chi connectivity index (χ4v) is 6.13. The second-order valence-corrected chi connectivity index (χ2v) is 9.03. The van der Waals surface area contributed by atoms with E-state index in [-0.39, 0.29) is 17.6 Å². The van der Waals surface area contributed by atoms with Gasteiger partial charge in [-0.1, -0.05) is 6.07 Å². The number of rotatable bonds is 4. The van der Waals surface area contributed by atoms with Crippen molar-refractivity contribution in [2.45, 2.75) is 61.6 Å². The van der Waals surface area contributed by atoms with E-state index >= 15 is 0 Å². The summed E-state index contributed by atoms with van der Waals surface area (Å²) in [5, 5.41) is 43.2. The van der Waals surface area contributed by atoms with E-state index in [1.165, 1.54) is 11.1 Å². The molecular formula is C22H29NO9. The van der Waals surface area contributed by atoms with Crippen LogP contribution in [0.5, 0.6) is 11.5 Å². The number of carboxylic acids is 2. The molecule has 2 heterocycles. The number of likely N-dealkylation sites (tertiary alicyclic amines) is 1. The summed E-state index contributed by atoms with van der Waals surface area (Å²) in [6.45, 7) is 1.09. The van der Waals surface area contributed by atoms with Gasteiger partial charge < -0.3 is 39.9 Å². The Bertz CT molecular complexity index is 903. The maximum absolute atomic E-state index is 10.6. The molecule has 1 saturated heterocycles. The highest BCUT2D eigenvalue weighted by molar-refractivity contribution is 5.83. The summed E-state index contributed by atoms with van der Waals surface area (Å²) >= 11 is 0. The van der Waals surface area contributed by atoms with Crippen LogP contribution in [0.25, 0.3) is 0 Å². The fraction of sp³-hybridized carbons (Fsp3) is 0.636. The highest BCUT2D eigenvalue weighted by Crippen LogP contribution is 2.63. The molecule has 1 saturated carbocycles. The molecule has 1 aromatic rings. The van der Waals surface area contributed by atoms with Gasteiger partial charge in [-0.15, -0.1) is 0 Å². The van der Waals surface area contributed by atoms with Crippen LogP contribution in [0.3, 0.4) is 0 Å². The predicted molar refractivity (Wildman–Crippen MR) is 110 cm³/mol. The Balaban J connectivity index is 0.000000211. The van der Waals surface area contributed by atoms with Crippen LogP contribution in [-0.2, 0) is 21.4 Å². The van der Waals surface area contributed by atoms with E-state index in [0.717, 1.165) is 43.7 Å². The van der Waals surface area contributed by atoms with Gasteiger partial charge in [0.2, 0.25) is 0 Å². The molecule has 32 heavy (non-hydrogen) atoms. The molecule has 1 aromatic carbocycles. The maximum Gasteiger partial charge on any atom is 0.335 e. The van der Waals surface area contributed by atoms with Crippen LogP contribution in [0, 0.1) is 5.92 Å². The van der Waals surface area contributed by atoms with Crippen molar-refractivity contribution >= 4 is 11.9 Å². The minimum atomic E-state index is -2.27. The van der Waals surface area contributed by atoms with E-state index in [1.807, 2.05) is 6.07 Å². The topological polar surface area (TPSA) is 157 Å². The van der Waals surface area contributed by atoms with Crippen molar-refractivity contribution in [3.05, 3.63) is 23.3 Å². The zero-order valence-corrected chi connectivity index (χ0v) is 18.0. The number of benzene rings is 1. The lowest BCUT2D eigenvalue weighted by Crippen LogP contribution is -2.66. The number of carboxylic acid groups (broad SMARTS) is 2. The number of nitrogens with zero attached hydrogens (tertiary/aromatic N) is 1. The van der Waals surface area contributed by atoms with E-state index in [4.69, 9.17) is 29.9 Å². The Hall–Kier alpha value is -2.40. The van der Waals surface area contributed by atoms with Crippen LogP contribution in [-0.4, -0.2) is 93.5 Å². The van der Waals surface area contributed by atoms with E-state index in [9.17, 15) is 14.7 Å². The quantitative estimate of drug-likeness (QED) is 0.408. The minimum absolute atomic E-state index is 0.00625. The third-order valence-corrected chi connectivity index (χ3v) is 7.57. The number of ether oxygens (including phenoxy) is 2. The second kappa shape index (κ2) is 8.18. The van der Waals surface area contributed by atoms with E-state index in [0.29, 0.717) is 12.0 Å². The first-order valence-corrected chi connectivity index (χ1v) is 10.7. The maximum atomic E-state index is 10.6. The summed E-state index contributed by atoms with van der Waals surface area (Å²) < 4.78 is 11.9. The molecule has 10 nitrogen and oxygen atoms in total. The molecule has 2 aliphatic carbocycles. The average molecular weight is 451 g/mol. The summed E-state index contributed by atoms with van der Waals surface area (Å²) in [6, 6.07) is 4.83. The summed E-state index contributed by atoms with van der Waals surface area (Å²) in [5.74, 6) is -1.20. The Morgan fingerprint density at radius 3 is 2.44 bits per heavy atom. The molecule has 4 aliphatic rings. The van der Waals surface area contributed by atoms with Gasteiger partial charge in [0, 0.05) is 17.0 Å². The van der Waals surface area contributed by atoms with Gasteiger partial charge in [0.15, 0.2) is 23.7 Å². The number of hydrogen-bond acceptors (Lipinski definition) is 8. The van der Waals surface area contributed by atoms with Gasteiger partial charge in [0.25, 0.3) is 0 Å². The van der Waals surface area contributed by atoms with Crippen molar-refractivity contribution < 1.29 is 44.6 Å².